The molecular weight excluding hydrogens is 318 g/mol. The number of hydrogen-bond donors (Lipinski definition) is 1. The van der Waals surface area contributed by atoms with Crippen molar-refractivity contribution in [1.82, 2.24) is 10.2 Å². The summed E-state index contributed by atoms with van der Waals surface area (Å²) < 4.78 is 0. The highest BCUT2D eigenvalue weighted by atomic mass is 16.2. The summed E-state index contributed by atoms with van der Waals surface area (Å²) in [5.74, 6) is -2.52. The Kier molecular flexibility index (Phi) is 5.92. The van der Waals surface area contributed by atoms with E-state index >= 15 is 0 Å². The summed E-state index contributed by atoms with van der Waals surface area (Å²) in [7, 11) is 0. The number of nitriles is 1. The van der Waals surface area contributed by atoms with E-state index in [1.165, 1.54) is 6.92 Å². The molecule has 0 saturated heterocycles. The van der Waals surface area contributed by atoms with Crippen LogP contribution in [0.4, 0.5) is 0 Å². The van der Waals surface area contributed by atoms with Crippen molar-refractivity contribution in [3.05, 3.63) is 35.4 Å². The second-order valence-corrected chi connectivity index (χ2v) is 6.57. The number of carbonyl (C=O) groups is 3. The SMILES string of the molecule is CC(=O)N1CCc2ccccc2[C@H]1CC(=O)[C@H](C#N)C(=O)NC(C)C. The van der Waals surface area contributed by atoms with Crippen LogP contribution in [0.3, 0.4) is 0 Å². The Balaban J connectivity index is 2.26. The van der Waals surface area contributed by atoms with Crippen LogP contribution in [-0.4, -0.2) is 35.1 Å². The Morgan fingerprint density at radius 1 is 1.32 bits per heavy atom. The fraction of sp³-hybridized carbons (Fsp3) is 0.474. The van der Waals surface area contributed by atoms with Crippen molar-refractivity contribution in [2.75, 3.05) is 6.54 Å². The zero-order valence-corrected chi connectivity index (χ0v) is 14.8. The zero-order chi connectivity index (χ0) is 18.6. The summed E-state index contributed by atoms with van der Waals surface area (Å²) in [5, 5.41) is 11.9. The predicted molar refractivity (Wildman–Crippen MR) is 92.3 cm³/mol. The Morgan fingerprint density at radius 2 is 2.00 bits per heavy atom. The molecule has 0 aromatic heterocycles. The van der Waals surface area contributed by atoms with E-state index in [0.29, 0.717) is 6.54 Å². The van der Waals surface area contributed by atoms with Crippen molar-refractivity contribution >= 4 is 17.6 Å². The largest absolute Gasteiger partial charge is 0.352 e. The zero-order valence-electron chi connectivity index (χ0n) is 14.8. The van der Waals surface area contributed by atoms with Gasteiger partial charge in [-0.1, -0.05) is 24.3 Å². The predicted octanol–water partition coefficient (Wildman–Crippen LogP) is 1.76. The lowest BCUT2D eigenvalue weighted by Crippen LogP contribution is -2.42. The smallest absolute Gasteiger partial charge is 0.245 e. The molecule has 1 aromatic carbocycles. The molecule has 2 amide bonds. The molecule has 1 heterocycles. The van der Waals surface area contributed by atoms with E-state index < -0.39 is 23.7 Å². The summed E-state index contributed by atoms with van der Waals surface area (Å²) >= 11 is 0. The van der Waals surface area contributed by atoms with Gasteiger partial charge in [0.05, 0.1) is 12.1 Å². The molecule has 0 unspecified atom stereocenters. The highest BCUT2D eigenvalue weighted by Gasteiger charge is 2.35. The number of nitrogens with zero attached hydrogens (tertiary/aromatic N) is 2. The maximum absolute atomic E-state index is 12.6. The first-order valence-electron chi connectivity index (χ1n) is 8.42. The van der Waals surface area contributed by atoms with Gasteiger partial charge in [0.1, 0.15) is 0 Å². The van der Waals surface area contributed by atoms with Gasteiger partial charge in [0, 0.05) is 25.9 Å². The highest BCUT2D eigenvalue weighted by Crippen LogP contribution is 2.33. The van der Waals surface area contributed by atoms with Gasteiger partial charge in [-0.05, 0) is 31.4 Å². The van der Waals surface area contributed by atoms with Crippen LogP contribution in [0, 0.1) is 17.2 Å². The van der Waals surface area contributed by atoms with E-state index in [1.807, 2.05) is 24.3 Å². The van der Waals surface area contributed by atoms with Crippen molar-refractivity contribution in [3.63, 3.8) is 0 Å². The molecule has 1 aliphatic heterocycles. The maximum Gasteiger partial charge on any atom is 0.245 e. The van der Waals surface area contributed by atoms with E-state index in [9.17, 15) is 19.6 Å². The molecule has 0 saturated carbocycles. The maximum atomic E-state index is 12.6. The summed E-state index contributed by atoms with van der Waals surface area (Å²) in [6, 6.07) is 8.89. The van der Waals surface area contributed by atoms with Gasteiger partial charge < -0.3 is 10.2 Å². The minimum absolute atomic E-state index is 0.0413. The van der Waals surface area contributed by atoms with Crippen molar-refractivity contribution in [1.29, 1.82) is 5.26 Å². The van der Waals surface area contributed by atoms with E-state index in [1.54, 1.807) is 24.8 Å². The monoisotopic (exact) mass is 341 g/mol. The standard InChI is InChI=1S/C19H23N3O3/c1-12(2)21-19(25)16(11-20)18(24)10-17-15-7-5-4-6-14(15)8-9-22(17)13(3)23/h4-7,12,16-17H,8-10H2,1-3H3,(H,21,25)/t16-,17+/m0/s1. The van der Waals surface area contributed by atoms with Crippen LogP contribution in [-0.2, 0) is 20.8 Å². The second kappa shape index (κ2) is 7.93. The van der Waals surface area contributed by atoms with Gasteiger partial charge in [-0.25, -0.2) is 0 Å². The summed E-state index contributed by atoms with van der Waals surface area (Å²) in [5.41, 5.74) is 2.01. The van der Waals surface area contributed by atoms with Crippen molar-refractivity contribution < 1.29 is 14.4 Å². The first-order chi connectivity index (χ1) is 11.8. The average molecular weight is 341 g/mol. The van der Waals surface area contributed by atoms with Gasteiger partial charge >= 0.3 is 0 Å². The lowest BCUT2D eigenvalue weighted by atomic mass is 9.87. The summed E-state index contributed by atoms with van der Waals surface area (Å²) in [4.78, 5) is 38.4. The molecule has 6 nitrogen and oxygen atoms in total. The van der Waals surface area contributed by atoms with Crippen LogP contribution in [0.2, 0.25) is 0 Å². The van der Waals surface area contributed by atoms with Crippen molar-refractivity contribution in [2.45, 2.75) is 45.7 Å². The third kappa shape index (κ3) is 4.24. The third-order valence-electron chi connectivity index (χ3n) is 4.36. The molecule has 0 spiro atoms. The quantitative estimate of drug-likeness (QED) is 0.826. The Morgan fingerprint density at radius 3 is 2.60 bits per heavy atom. The number of carbonyl (C=O) groups excluding carboxylic acids is 3. The number of Topliss-reactive ketones (excluding diaryl/α,β-unsaturated/α-hetero) is 1. The molecule has 2 rings (SSSR count). The average Bonchev–Trinajstić information content (AvgIpc) is 2.54. The van der Waals surface area contributed by atoms with Crippen molar-refractivity contribution in [3.8, 4) is 6.07 Å². The molecule has 1 aliphatic rings. The van der Waals surface area contributed by atoms with E-state index in [0.717, 1.165) is 17.5 Å². The number of ketones is 1. The van der Waals surface area contributed by atoms with E-state index in [4.69, 9.17) is 0 Å². The van der Waals surface area contributed by atoms with Crippen LogP contribution in [0.5, 0.6) is 0 Å². The number of hydrogen-bond acceptors (Lipinski definition) is 4. The minimum atomic E-state index is -1.36. The minimum Gasteiger partial charge on any atom is -0.352 e. The number of amides is 2. The molecule has 0 radical (unpaired) electrons. The molecule has 1 aromatic rings. The van der Waals surface area contributed by atoms with Gasteiger partial charge in [-0.15, -0.1) is 0 Å². The Labute approximate surface area is 147 Å². The number of benzene rings is 1. The topological polar surface area (TPSA) is 90.3 Å². The Bertz CT molecular complexity index is 721. The molecule has 1 N–H and O–H groups in total. The molecule has 2 atom stereocenters. The Hall–Kier alpha value is -2.68. The number of fused-ring (bicyclic) bond motifs is 1. The first-order valence-corrected chi connectivity index (χ1v) is 8.42. The van der Waals surface area contributed by atoms with Crippen LogP contribution >= 0.6 is 0 Å². The lowest BCUT2D eigenvalue weighted by molar-refractivity contribution is -0.135. The molecule has 0 bridgehead atoms. The fourth-order valence-corrected chi connectivity index (χ4v) is 3.20. The molecule has 132 valence electrons. The lowest BCUT2D eigenvalue weighted by Gasteiger charge is -2.36. The molecule has 6 heteroatoms. The van der Waals surface area contributed by atoms with Gasteiger partial charge in [0.15, 0.2) is 11.7 Å². The van der Waals surface area contributed by atoms with Crippen LogP contribution in [0.1, 0.15) is 44.4 Å². The molecule has 0 aliphatic carbocycles. The summed E-state index contributed by atoms with van der Waals surface area (Å²) in [6.07, 6.45) is 0.691. The summed E-state index contributed by atoms with van der Waals surface area (Å²) in [6.45, 7) is 5.54. The van der Waals surface area contributed by atoms with Gasteiger partial charge in [0.2, 0.25) is 11.8 Å². The van der Waals surface area contributed by atoms with E-state index in [2.05, 4.69) is 5.32 Å². The molecule has 0 fully saturated rings. The normalized spacial score (nSPS) is 17.4. The number of rotatable bonds is 5. The van der Waals surface area contributed by atoms with Gasteiger partial charge in [-0.3, -0.25) is 14.4 Å². The van der Waals surface area contributed by atoms with Gasteiger partial charge in [-0.2, -0.15) is 5.26 Å². The van der Waals surface area contributed by atoms with Crippen molar-refractivity contribution in [2.24, 2.45) is 5.92 Å². The first kappa shape index (κ1) is 18.7. The molecular formula is C19H23N3O3. The number of nitrogens with one attached hydrogen (secondary N) is 1. The van der Waals surface area contributed by atoms with Gasteiger partial charge in [0.25, 0.3) is 0 Å². The molecule has 25 heavy (non-hydrogen) atoms. The van der Waals surface area contributed by atoms with Crippen LogP contribution in [0.25, 0.3) is 0 Å². The van der Waals surface area contributed by atoms with Crippen LogP contribution in [0.15, 0.2) is 24.3 Å². The van der Waals surface area contributed by atoms with Crippen LogP contribution < -0.4 is 5.32 Å². The third-order valence-corrected chi connectivity index (χ3v) is 4.36. The van der Waals surface area contributed by atoms with E-state index in [-0.39, 0.29) is 18.4 Å². The second-order valence-electron chi connectivity index (χ2n) is 6.57. The fourth-order valence-electron chi connectivity index (χ4n) is 3.20. The highest BCUT2D eigenvalue weighted by molar-refractivity contribution is 6.04.